The quantitative estimate of drug-likeness (QED) is 0.764. The molecule has 2 rings (SSSR count). The summed E-state index contributed by atoms with van der Waals surface area (Å²) >= 11 is 1.57. The van der Waals surface area contributed by atoms with Crippen molar-refractivity contribution < 1.29 is 4.79 Å². The number of hydrogen-bond acceptors (Lipinski definition) is 4. The molecule has 0 radical (unpaired) electrons. The molecule has 82 valence electrons. The smallest absolute Gasteiger partial charge is 0.170 e. The Kier molecular flexibility index (Phi) is 3.10. The number of hydrogen-bond donors (Lipinski definition) is 0. The van der Waals surface area contributed by atoms with Crippen molar-refractivity contribution in [3.8, 4) is 0 Å². The fourth-order valence-electron chi connectivity index (χ4n) is 1.51. The molecule has 0 aromatic carbocycles. The molecule has 2 heterocycles. The summed E-state index contributed by atoms with van der Waals surface area (Å²) in [4.78, 5) is 20.2. The van der Waals surface area contributed by atoms with Gasteiger partial charge in [0.2, 0.25) is 0 Å². The molecule has 0 atom stereocenters. The molecule has 0 unspecified atom stereocenters. The molecule has 0 spiro atoms. The average molecular weight is 232 g/mol. The normalized spacial score (nSPS) is 10.4. The molecule has 4 heteroatoms. The first-order valence-electron chi connectivity index (χ1n) is 5.01. The maximum atomic E-state index is 12.0. The fraction of sp³-hybridized carbons (Fsp3) is 0.250. The number of Topliss-reactive ketones (excluding diaryl/α,β-unsaturated/α-hetero) is 1. The minimum Gasteiger partial charge on any atom is -0.294 e. The molecule has 0 aliphatic carbocycles. The van der Waals surface area contributed by atoms with Gasteiger partial charge >= 0.3 is 0 Å². The number of carbonyl (C=O) groups is 1. The van der Waals surface area contributed by atoms with Gasteiger partial charge in [0.15, 0.2) is 5.78 Å². The van der Waals surface area contributed by atoms with Crippen LogP contribution in [0.15, 0.2) is 23.8 Å². The van der Waals surface area contributed by atoms with E-state index >= 15 is 0 Å². The maximum absolute atomic E-state index is 12.0. The molecular weight excluding hydrogens is 220 g/mol. The molecule has 3 nitrogen and oxygen atoms in total. The number of carbonyl (C=O) groups excluding carboxylic acids is 1. The lowest BCUT2D eigenvalue weighted by atomic mass is 10.0. The predicted molar refractivity (Wildman–Crippen MR) is 63.9 cm³/mol. The Bertz CT molecular complexity index is 519. The van der Waals surface area contributed by atoms with E-state index in [-0.39, 0.29) is 5.78 Å². The van der Waals surface area contributed by atoms with Crippen LogP contribution in [0.3, 0.4) is 0 Å². The lowest BCUT2D eigenvalue weighted by molar-refractivity contribution is 0.0991. The van der Waals surface area contributed by atoms with Crippen LogP contribution in [0.1, 0.15) is 26.6 Å². The van der Waals surface area contributed by atoms with Crippen molar-refractivity contribution in [3.05, 3.63) is 45.7 Å². The zero-order valence-electron chi connectivity index (χ0n) is 9.23. The summed E-state index contributed by atoms with van der Waals surface area (Å²) in [5.41, 5.74) is 2.50. The number of ketones is 1. The minimum absolute atomic E-state index is 0.0795. The van der Waals surface area contributed by atoms with E-state index in [0.717, 1.165) is 16.3 Å². The third-order valence-electron chi connectivity index (χ3n) is 2.35. The van der Waals surface area contributed by atoms with E-state index in [0.29, 0.717) is 12.0 Å². The summed E-state index contributed by atoms with van der Waals surface area (Å²) in [6.45, 7) is 3.86. The Balaban J connectivity index is 2.18. The number of thiazole rings is 1. The molecule has 0 bridgehead atoms. The molecule has 0 saturated heterocycles. The fourth-order valence-corrected chi connectivity index (χ4v) is 2.12. The highest BCUT2D eigenvalue weighted by Crippen LogP contribution is 2.13. The van der Waals surface area contributed by atoms with Crippen molar-refractivity contribution in [1.29, 1.82) is 0 Å². The van der Waals surface area contributed by atoms with E-state index in [1.54, 1.807) is 23.7 Å². The Hall–Kier alpha value is -1.55. The van der Waals surface area contributed by atoms with Gasteiger partial charge in [-0.05, 0) is 25.5 Å². The zero-order valence-corrected chi connectivity index (χ0v) is 10.0. The van der Waals surface area contributed by atoms with Crippen LogP contribution in [0.25, 0.3) is 0 Å². The summed E-state index contributed by atoms with van der Waals surface area (Å²) in [5.74, 6) is 0.0795. The topological polar surface area (TPSA) is 42.9 Å². The summed E-state index contributed by atoms with van der Waals surface area (Å²) < 4.78 is 0. The maximum Gasteiger partial charge on any atom is 0.170 e. The Morgan fingerprint density at radius 2 is 2.25 bits per heavy atom. The van der Waals surface area contributed by atoms with Gasteiger partial charge in [-0.25, -0.2) is 4.98 Å². The monoisotopic (exact) mass is 232 g/mol. The highest BCUT2D eigenvalue weighted by Gasteiger charge is 2.11. The second-order valence-electron chi connectivity index (χ2n) is 3.65. The minimum atomic E-state index is 0.0795. The molecule has 0 aliphatic heterocycles. The van der Waals surface area contributed by atoms with Gasteiger partial charge in [-0.1, -0.05) is 0 Å². The third kappa shape index (κ3) is 2.33. The summed E-state index contributed by atoms with van der Waals surface area (Å²) in [5, 5.41) is 2.92. The first kappa shape index (κ1) is 11.0. The van der Waals surface area contributed by atoms with Crippen LogP contribution in [-0.4, -0.2) is 15.8 Å². The number of nitrogens with zero attached hydrogens (tertiary/aromatic N) is 2. The van der Waals surface area contributed by atoms with E-state index < -0.39 is 0 Å². The molecular formula is C12H12N2OS. The predicted octanol–water partition coefficient (Wildman–Crippen LogP) is 2.58. The van der Waals surface area contributed by atoms with Crippen molar-refractivity contribution in [2.24, 2.45) is 0 Å². The van der Waals surface area contributed by atoms with Crippen LogP contribution >= 0.6 is 11.3 Å². The Morgan fingerprint density at radius 1 is 1.44 bits per heavy atom. The van der Waals surface area contributed by atoms with E-state index in [9.17, 15) is 4.79 Å². The highest BCUT2D eigenvalue weighted by atomic mass is 32.1. The van der Waals surface area contributed by atoms with Gasteiger partial charge in [0.25, 0.3) is 0 Å². The summed E-state index contributed by atoms with van der Waals surface area (Å²) in [6.07, 6.45) is 3.67. The van der Waals surface area contributed by atoms with Gasteiger partial charge in [0.05, 0.1) is 17.1 Å². The first-order valence-corrected chi connectivity index (χ1v) is 5.89. The third-order valence-corrected chi connectivity index (χ3v) is 3.17. The summed E-state index contributed by atoms with van der Waals surface area (Å²) in [6, 6.07) is 1.85. The van der Waals surface area contributed by atoms with Gasteiger partial charge < -0.3 is 0 Å². The Labute approximate surface area is 98.2 Å². The second kappa shape index (κ2) is 4.53. The number of rotatable bonds is 3. The number of aryl methyl sites for hydroxylation is 2. The lowest BCUT2D eigenvalue weighted by Gasteiger charge is -2.01. The van der Waals surface area contributed by atoms with Gasteiger partial charge in [0, 0.05) is 23.3 Å². The van der Waals surface area contributed by atoms with Crippen LogP contribution in [-0.2, 0) is 6.42 Å². The zero-order chi connectivity index (χ0) is 11.5. The van der Waals surface area contributed by atoms with Gasteiger partial charge in [-0.15, -0.1) is 11.3 Å². The number of aromatic nitrogens is 2. The van der Waals surface area contributed by atoms with Crippen molar-refractivity contribution in [2.75, 3.05) is 0 Å². The summed E-state index contributed by atoms with van der Waals surface area (Å²) in [7, 11) is 0. The van der Waals surface area contributed by atoms with E-state index in [1.807, 2.05) is 25.3 Å². The van der Waals surface area contributed by atoms with Crippen LogP contribution in [0, 0.1) is 13.8 Å². The van der Waals surface area contributed by atoms with Crippen molar-refractivity contribution in [2.45, 2.75) is 20.3 Å². The van der Waals surface area contributed by atoms with E-state index in [2.05, 4.69) is 9.97 Å². The standard InChI is InChI=1S/C12H12N2OS/c1-8-3-4-13-6-11(8)12(15)5-10-7-16-9(2)14-10/h3-4,6-7H,5H2,1-2H3. The average Bonchev–Trinajstić information content (AvgIpc) is 2.64. The van der Waals surface area contributed by atoms with Gasteiger partial charge in [-0.3, -0.25) is 9.78 Å². The largest absolute Gasteiger partial charge is 0.294 e. The van der Waals surface area contributed by atoms with Crippen molar-refractivity contribution in [3.63, 3.8) is 0 Å². The molecule has 0 saturated carbocycles. The van der Waals surface area contributed by atoms with Gasteiger partial charge in [-0.2, -0.15) is 0 Å². The van der Waals surface area contributed by atoms with Crippen LogP contribution in [0.4, 0.5) is 0 Å². The molecule has 2 aromatic rings. The van der Waals surface area contributed by atoms with E-state index in [4.69, 9.17) is 0 Å². The molecule has 0 fully saturated rings. The Morgan fingerprint density at radius 3 is 2.88 bits per heavy atom. The first-order chi connectivity index (χ1) is 7.66. The van der Waals surface area contributed by atoms with Crippen molar-refractivity contribution >= 4 is 17.1 Å². The number of pyridine rings is 1. The van der Waals surface area contributed by atoms with Crippen LogP contribution < -0.4 is 0 Å². The van der Waals surface area contributed by atoms with Crippen molar-refractivity contribution in [1.82, 2.24) is 9.97 Å². The van der Waals surface area contributed by atoms with Gasteiger partial charge in [0.1, 0.15) is 0 Å². The highest BCUT2D eigenvalue weighted by molar-refractivity contribution is 7.09. The molecule has 0 amide bonds. The molecule has 0 aliphatic rings. The second-order valence-corrected chi connectivity index (χ2v) is 4.71. The molecule has 2 aromatic heterocycles. The SMILES string of the molecule is Cc1nc(CC(=O)c2cnccc2C)cs1. The van der Waals surface area contributed by atoms with E-state index in [1.165, 1.54) is 0 Å². The molecule has 16 heavy (non-hydrogen) atoms. The lowest BCUT2D eigenvalue weighted by Crippen LogP contribution is -2.06. The van der Waals surface area contributed by atoms with Crippen LogP contribution in [0.5, 0.6) is 0 Å². The van der Waals surface area contributed by atoms with Crippen LogP contribution in [0.2, 0.25) is 0 Å². The molecule has 0 N–H and O–H groups in total.